The summed E-state index contributed by atoms with van der Waals surface area (Å²) in [5, 5.41) is 2.85. The summed E-state index contributed by atoms with van der Waals surface area (Å²) in [6, 6.07) is 22.8. The van der Waals surface area contributed by atoms with Crippen LogP contribution in [-0.2, 0) is 32.6 Å². The highest BCUT2D eigenvalue weighted by atomic mass is 32.2. The Morgan fingerprint density at radius 2 is 1.63 bits per heavy atom. The summed E-state index contributed by atoms with van der Waals surface area (Å²) in [6.45, 7) is 3.86. The Hall–Kier alpha value is -3.85. The van der Waals surface area contributed by atoms with E-state index in [0.29, 0.717) is 18.0 Å². The van der Waals surface area contributed by atoms with Crippen LogP contribution in [0.25, 0.3) is 0 Å². The Kier molecular flexibility index (Phi) is 9.90. The van der Waals surface area contributed by atoms with Gasteiger partial charge in [0.1, 0.15) is 18.3 Å². The van der Waals surface area contributed by atoms with E-state index in [0.717, 1.165) is 27.3 Å². The number of amides is 2. The minimum Gasteiger partial charge on any atom is -0.497 e. The third-order valence-corrected chi connectivity index (χ3v) is 7.26. The predicted octanol–water partition coefficient (Wildman–Crippen LogP) is 3.55. The Bertz CT molecular complexity index is 1330. The van der Waals surface area contributed by atoms with Crippen molar-refractivity contribution in [1.29, 1.82) is 0 Å². The van der Waals surface area contributed by atoms with Crippen LogP contribution in [0.2, 0.25) is 0 Å². The van der Waals surface area contributed by atoms with Gasteiger partial charge in [0.25, 0.3) is 0 Å². The largest absolute Gasteiger partial charge is 0.497 e. The highest BCUT2D eigenvalue weighted by Gasteiger charge is 2.32. The smallest absolute Gasteiger partial charge is 0.244 e. The fraction of sp³-hybridized carbons (Fsp3) is 0.310. The maximum absolute atomic E-state index is 13.9. The van der Waals surface area contributed by atoms with Gasteiger partial charge in [0, 0.05) is 25.6 Å². The van der Waals surface area contributed by atoms with Gasteiger partial charge in [0.2, 0.25) is 21.8 Å². The fourth-order valence-corrected chi connectivity index (χ4v) is 4.96. The Labute approximate surface area is 225 Å². The van der Waals surface area contributed by atoms with Crippen molar-refractivity contribution in [3.8, 4) is 5.75 Å². The molecule has 0 saturated heterocycles. The predicted molar refractivity (Wildman–Crippen MR) is 150 cm³/mol. The van der Waals surface area contributed by atoms with Crippen LogP contribution in [0.5, 0.6) is 5.75 Å². The van der Waals surface area contributed by atoms with Crippen molar-refractivity contribution in [2.75, 3.05) is 30.8 Å². The van der Waals surface area contributed by atoms with Gasteiger partial charge in [0.15, 0.2) is 0 Å². The van der Waals surface area contributed by atoms with Crippen LogP contribution in [0.1, 0.15) is 23.6 Å². The second-order valence-corrected chi connectivity index (χ2v) is 11.0. The summed E-state index contributed by atoms with van der Waals surface area (Å²) in [5.74, 6) is -0.334. The normalized spacial score (nSPS) is 11.9. The van der Waals surface area contributed by atoms with E-state index in [1.54, 1.807) is 24.3 Å². The van der Waals surface area contributed by atoms with E-state index in [-0.39, 0.29) is 18.9 Å². The molecule has 3 aromatic carbocycles. The van der Waals surface area contributed by atoms with E-state index < -0.39 is 28.5 Å². The molecule has 0 aliphatic carbocycles. The molecule has 202 valence electrons. The molecule has 0 spiro atoms. The van der Waals surface area contributed by atoms with Gasteiger partial charge in [0.05, 0.1) is 19.1 Å². The summed E-state index contributed by atoms with van der Waals surface area (Å²) >= 11 is 0. The third kappa shape index (κ3) is 7.82. The van der Waals surface area contributed by atoms with Crippen LogP contribution in [0.15, 0.2) is 78.9 Å². The van der Waals surface area contributed by atoms with Gasteiger partial charge in [-0.15, -0.1) is 0 Å². The molecule has 1 atom stereocenters. The average Bonchev–Trinajstić information content (AvgIpc) is 2.90. The molecule has 2 amide bonds. The zero-order valence-corrected chi connectivity index (χ0v) is 23.1. The van der Waals surface area contributed by atoms with Crippen molar-refractivity contribution in [3.63, 3.8) is 0 Å². The van der Waals surface area contributed by atoms with Crippen molar-refractivity contribution in [2.45, 2.75) is 32.9 Å². The molecule has 0 aromatic heterocycles. The standard InChI is InChI=1S/C29H35N3O5S/c1-5-30-29(34)27(18-23-10-7-6-8-11-23)31(20-24-16-14-22(2)15-17-24)28(33)21-32(38(4,35)36)25-12-9-13-26(19-25)37-3/h6-17,19,27H,5,18,20-21H2,1-4H3,(H,30,34)/t27-/m0/s1. The number of sulfonamides is 1. The molecular weight excluding hydrogens is 502 g/mol. The SMILES string of the molecule is CCNC(=O)[C@H](Cc1ccccc1)N(Cc1ccc(C)cc1)C(=O)CN(c1cccc(OC)c1)S(C)(=O)=O. The van der Waals surface area contributed by atoms with E-state index in [2.05, 4.69) is 5.32 Å². The molecule has 0 bridgehead atoms. The lowest BCUT2D eigenvalue weighted by molar-refractivity contribution is -0.140. The monoisotopic (exact) mass is 537 g/mol. The van der Waals surface area contributed by atoms with Gasteiger partial charge in [-0.05, 0) is 37.1 Å². The molecule has 0 heterocycles. The lowest BCUT2D eigenvalue weighted by atomic mass is 10.0. The van der Waals surface area contributed by atoms with Crippen LogP contribution < -0.4 is 14.4 Å². The van der Waals surface area contributed by atoms with E-state index in [9.17, 15) is 18.0 Å². The average molecular weight is 538 g/mol. The molecule has 0 unspecified atom stereocenters. The Balaban J connectivity index is 2.03. The van der Waals surface area contributed by atoms with Gasteiger partial charge in [-0.2, -0.15) is 0 Å². The maximum Gasteiger partial charge on any atom is 0.244 e. The van der Waals surface area contributed by atoms with E-state index in [1.807, 2.05) is 68.4 Å². The van der Waals surface area contributed by atoms with Gasteiger partial charge in [-0.3, -0.25) is 13.9 Å². The first-order valence-electron chi connectivity index (χ1n) is 12.4. The first-order valence-corrected chi connectivity index (χ1v) is 14.3. The molecule has 9 heteroatoms. The van der Waals surface area contributed by atoms with Crippen molar-refractivity contribution >= 4 is 27.5 Å². The molecular formula is C29H35N3O5S. The van der Waals surface area contributed by atoms with Crippen molar-refractivity contribution in [3.05, 3.63) is 95.6 Å². The van der Waals surface area contributed by atoms with Crippen LogP contribution in [0.4, 0.5) is 5.69 Å². The maximum atomic E-state index is 13.9. The third-order valence-electron chi connectivity index (χ3n) is 6.12. The first kappa shape index (κ1) is 28.7. The number of nitrogens with one attached hydrogen (secondary N) is 1. The Morgan fingerprint density at radius 1 is 0.947 bits per heavy atom. The highest BCUT2D eigenvalue weighted by Crippen LogP contribution is 2.24. The van der Waals surface area contributed by atoms with Crippen molar-refractivity contribution in [2.24, 2.45) is 0 Å². The van der Waals surface area contributed by atoms with Crippen molar-refractivity contribution in [1.82, 2.24) is 10.2 Å². The van der Waals surface area contributed by atoms with E-state index >= 15 is 0 Å². The minimum absolute atomic E-state index is 0.142. The molecule has 0 aliphatic heterocycles. The number of carbonyl (C=O) groups is 2. The van der Waals surface area contributed by atoms with Crippen molar-refractivity contribution < 1.29 is 22.7 Å². The van der Waals surface area contributed by atoms with Gasteiger partial charge < -0.3 is 15.0 Å². The number of methoxy groups -OCH3 is 1. The van der Waals surface area contributed by atoms with Crippen LogP contribution in [-0.4, -0.2) is 57.6 Å². The molecule has 1 N–H and O–H groups in total. The second kappa shape index (κ2) is 13.1. The van der Waals surface area contributed by atoms with Crippen LogP contribution in [0, 0.1) is 6.92 Å². The lowest BCUT2D eigenvalue weighted by Crippen LogP contribution is -2.53. The number of aryl methyl sites for hydroxylation is 1. The number of nitrogens with zero attached hydrogens (tertiary/aromatic N) is 2. The fourth-order valence-electron chi connectivity index (χ4n) is 4.12. The zero-order chi connectivity index (χ0) is 27.7. The molecule has 3 rings (SSSR count). The summed E-state index contributed by atoms with van der Waals surface area (Å²) in [6.07, 6.45) is 1.33. The summed E-state index contributed by atoms with van der Waals surface area (Å²) in [5.41, 5.74) is 3.09. The van der Waals surface area contributed by atoms with Crippen LogP contribution in [0.3, 0.4) is 0 Å². The van der Waals surface area contributed by atoms with Crippen LogP contribution >= 0.6 is 0 Å². The minimum atomic E-state index is -3.84. The number of hydrogen-bond donors (Lipinski definition) is 1. The summed E-state index contributed by atoms with van der Waals surface area (Å²) < 4.78 is 31.9. The molecule has 8 nitrogen and oxygen atoms in total. The van der Waals surface area contributed by atoms with Gasteiger partial charge in [-0.1, -0.05) is 66.2 Å². The molecule has 0 aliphatic rings. The quantitative estimate of drug-likeness (QED) is 0.381. The van der Waals surface area contributed by atoms with E-state index in [4.69, 9.17) is 4.74 Å². The highest BCUT2D eigenvalue weighted by molar-refractivity contribution is 7.92. The topological polar surface area (TPSA) is 96.0 Å². The molecule has 0 saturated carbocycles. The first-order chi connectivity index (χ1) is 18.1. The summed E-state index contributed by atoms with van der Waals surface area (Å²) in [4.78, 5) is 28.7. The number of ether oxygens (including phenoxy) is 1. The number of rotatable bonds is 12. The molecule has 0 fully saturated rings. The molecule has 3 aromatic rings. The second-order valence-electron chi connectivity index (χ2n) is 9.08. The van der Waals surface area contributed by atoms with Gasteiger partial charge >= 0.3 is 0 Å². The number of carbonyl (C=O) groups excluding carboxylic acids is 2. The number of anilines is 1. The number of benzene rings is 3. The zero-order valence-electron chi connectivity index (χ0n) is 22.3. The van der Waals surface area contributed by atoms with E-state index in [1.165, 1.54) is 12.0 Å². The van der Waals surface area contributed by atoms with Gasteiger partial charge in [-0.25, -0.2) is 8.42 Å². The molecule has 0 radical (unpaired) electrons. The Morgan fingerprint density at radius 3 is 2.24 bits per heavy atom. The lowest BCUT2D eigenvalue weighted by Gasteiger charge is -2.33. The number of likely N-dealkylation sites (N-methyl/N-ethyl adjacent to an activating group) is 1. The summed E-state index contributed by atoms with van der Waals surface area (Å²) in [7, 11) is -2.35. The molecule has 38 heavy (non-hydrogen) atoms. The number of hydrogen-bond acceptors (Lipinski definition) is 5.